The van der Waals surface area contributed by atoms with Gasteiger partial charge in [0, 0.05) is 12.8 Å². The van der Waals surface area contributed by atoms with Gasteiger partial charge in [-0.1, -0.05) is 131 Å². The number of aliphatic hydroxyl groups excluding tert-OH is 1. The third kappa shape index (κ3) is 38.3. The van der Waals surface area contributed by atoms with Gasteiger partial charge in [-0.05, 0) is 77.0 Å². The fraction of sp³-hybridized carbons (Fsp3) is 0.610. The highest BCUT2D eigenvalue weighted by atomic mass is 31.2. The van der Waals surface area contributed by atoms with Crippen LogP contribution in [0.1, 0.15) is 136 Å². The molecule has 9 nitrogen and oxygen atoms in total. The lowest BCUT2D eigenvalue weighted by molar-refractivity contribution is -0.161. The molecule has 1 unspecified atom stereocenters. The van der Waals surface area contributed by atoms with Crippen LogP contribution in [-0.2, 0) is 28.2 Å². The van der Waals surface area contributed by atoms with E-state index in [0.717, 1.165) is 64.2 Å². The number of ether oxygens (including phenoxy) is 2. The van der Waals surface area contributed by atoms with Crippen molar-refractivity contribution in [1.82, 2.24) is 0 Å². The molecule has 0 aromatic rings. The highest BCUT2D eigenvalue weighted by Crippen LogP contribution is 2.35. The van der Waals surface area contributed by atoms with Crippen LogP contribution < -0.4 is 0 Å². The summed E-state index contributed by atoms with van der Waals surface area (Å²) in [7, 11) is -4.79. The minimum Gasteiger partial charge on any atom is -0.462 e. The Morgan fingerprint density at radius 3 is 1.82 bits per heavy atom. The Balaban J connectivity index is 4.16. The van der Waals surface area contributed by atoms with Crippen molar-refractivity contribution in [3.8, 4) is 0 Å². The second-order valence-corrected chi connectivity index (χ2v) is 13.6. The number of hydrogen-bond donors (Lipinski definition) is 3. The van der Waals surface area contributed by atoms with Gasteiger partial charge in [0.05, 0.1) is 12.7 Å². The normalized spacial score (nSPS) is 14.1. The van der Waals surface area contributed by atoms with Crippen molar-refractivity contribution in [2.24, 2.45) is 0 Å². The first-order chi connectivity index (χ1) is 24.7. The molecule has 0 rings (SSSR count). The predicted molar refractivity (Wildman–Crippen MR) is 208 cm³/mol. The van der Waals surface area contributed by atoms with Gasteiger partial charge in [0.15, 0.2) is 6.10 Å². The molecule has 0 heterocycles. The number of unbranched alkanes of at least 4 members (excludes halogenated alkanes) is 9. The summed E-state index contributed by atoms with van der Waals surface area (Å²) in [5.74, 6) is -1.00. The van der Waals surface area contributed by atoms with Gasteiger partial charge in [-0.3, -0.25) is 14.1 Å². The van der Waals surface area contributed by atoms with Gasteiger partial charge in [0.25, 0.3) is 0 Å². The molecule has 10 heteroatoms. The molecule has 51 heavy (non-hydrogen) atoms. The minimum atomic E-state index is -4.79. The van der Waals surface area contributed by atoms with E-state index < -0.39 is 38.6 Å². The summed E-state index contributed by atoms with van der Waals surface area (Å²) in [5, 5.41) is 9.73. The smallest absolute Gasteiger partial charge is 0.462 e. The van der Waals surface area contributed by atoms with Crippen LogP contribution in [-0.4, -0.2) is 52.3 Å². The monoisotopic (exact) mass is 734 g/mol. The lowest BCUT2D eigenvalue weighted by Gasteiger charge is -2.18. The quantitative estimate of drug-likeness (QED) is 0.0198. The van der Waals surface area contributed by atoms with Crippen LogP contribution in [0.3, 0.4) is 0 Å². The molecule has 0 aliphatic heterocycles. The largest absolute Gasteiger partial charge is 0.469 e. The number of phosphoric ester groups is 1. The zero-order valence-electron chi connectivity index (χ0n) is 31.3. The zero-order valence-corrected chi connectivity index (χ0v) is 32.2. The van der Waals surface area contributed by atoms with Crippen LogP contribution in [0.25, 0.3) is 0 Å². The molecular formula is C41H67O9P. The van der Waals surface area contributed by atoms with Crippen LogP contribution in [0.2, 0.25) is 0 Å². The number of allylic oxidation sites excluding steroid dienone is 12. The van der Waals surface area contributed by atoms with E-state index in [0.29, 0.717) is 25.7 Å². The Bertz CT molecular complexity index is 1110. The average molecular weight is 735 g/mol. The third-order valence-electron chi connectivity index (χ3n) is 7.47. The van der Waals surface area contributed by atoms with Gasteiger partial charge in [-0.2, -0.15) is 0 Å². The summed E-state index contributed by atoms with van der Waals surface area (Å²) < 4.78 is 26.2. The number of rotatable bonds is 33. The molecule has 0 spiro atoms. The van der Waals surface area contributed by atoms with Gasteiger partial charge in [-0.25, -0.2) is 4.57 Å². The number of hydrogen-bond acceptors (Lipinski definition) is 7. The summed E-state index contributed by atoms with van der Waals surface area (Å²) in [6.07, 6.45) is 43.6. The molecule has 0 aromatic carbocycles. The average Bonchev–Trinajstić information content (AvgIpc) is 3.09. The molecule has 0 amide bonds. The fourth-order valence-corrected chi connectivity index (χ4v) is 4.99. The Morgan fingerprint density at radius 1 is 0.627 bits per heavy atom. The third-order valence-corrected chi connectivity index (χ3v) is 7.96. The lowest BCUT2D eigenvalue weighted by Crippen LogP contribution is -2.29. The van der Waals surface area contributed by atoms with E-state index in [1.165, 1.54) is 19.3 Å². The highest BCUT2D eigenvalue weighted by Gasteiger charge is 2.22. The summed E-state index contributed by atoms with van der Waals surface area (Å²) in [6, 6.07) is 0. The van der Waals surface area contributed by atoms with E-state index in [1.54, 1.807) is 0 Å². The Morgan fingerprint density at radius 2 is 1.18 bits per heavy atom. The topological polar surface area (TPSA) is 140 Å². The van der Waals surface area contributed by atoms with Crippen molar-refractivity contribution in [3.05, 3.63) is 85.1 Å². The van der Waals surface area contributed by atoms with Crippen LogP contribution in [0, 0.1) is 0 Å². The fourth-order valence-electron chi connectivity index (χ4n) is 4.63. The molecule has 0 aliphatic rings. The maximum absolute atomic E-state index is 12.3. The first-order valence-corrected chi connectivity index (χ1v) is 20.5. The van der Waals surface area contributed by atoms with Gasteiger partial charge in [-0.15, -0.1) is 0 Å². The van der Waals surface area contributed by atoms with E-state index in [2.05, 4.69) is 47.9 Å². The maximum Gasteiger partial charge on any atom is 0.469 e. The summed E-state index contributed by atoms with van der Waals surface area (Å²) in [6.45, 7) is 3.34. The standard InChI is InChI=1S/C41H67O9P/c1-3-5-7-8-9-10-11-12-13-14-18-21-24-27-30-34-40(43)48-36-39(37-49-51(45,46)47)50-41(44)35-31-28-25-22-19-16-15-17-20-23-26-29-33-38(42)32-6-4-2/h6,9-10,12-13,15-16,20,22-23,25-26,29,32,38-39,42H,3-5,7-8,11,14,17-19,21,24,27-28,30-31,33-37H2,1-2H3,(H2,45,46,47)/b10-9-,13-12-,16-15-,23-20-,25-22-,29-26+,32-6-/t38?,39-/m1/s1. The lowest BCUT2D eigenvalue weighted by atomic mass is 10.1. The number of phosphoric acid groups is 1. The molecule has 0 saturated carbocycles. The van der Waals surface area contributed by atoms with Crippen LogP contribution in [0.4, 0.5) is 0 Å². The Labute approximate surface area is 308 Å². The highest BCUT2D eigenvalue weighted by molar-refractivity contribution is 7.46. The van der Waals surface area contributed by atoms with Gasteiger partial charge in [0.1, 0.15) is 6.61 Å². The predicted octanol–water partition coefficient (Wildman–Crippen LogP) is 10.3. The van der Waals surface area contributed by atoms with Crippen LogP contribution in [0.5, 0.6) is 0 Å². The SMILES string of the molecule is CC/C=C\C(O)C/C=C/C=C\C/C=C\C/C=C\CCCC(=O)O[C@H](COC(=O)CCCCCCC/C=C\C/C=C\CCCCC)COP(=O)(O)O. The van der Waals surface area contributed by atoms with E-state index in [-0.39, 0.29) is 19.4 Å². The number of aliphatic hydroxyl groups is 1. The Kier molecular flexibility index (Phi) is 33.6. The van der Waals surface area contributed by atoms with E-state index in [1.807, 2.05) is 55.5 Å². The second-order valence-electron chi connectivity index (χ2n) is 12.4. The van der Waals surface area contributed by atoms with Crippen LogP contribution in [0.15, 0.2) is 85.1 Å². The molecule has 0 radical (unpaired) electrons. The van der Waals surface area contributed by atoms with Crippen molar-refractivity contribution in [3.63, 3.8) is 0 Å². The van der Waals surface area contributed by atoms with Crippen molar-refractivity contribution in [2.45, 2.75) is 148 Å². The van der Waals surface area contributed by atoms with Crippen molar-refractivity contribution < 1.29 is 43.0 Å². The van der Waals surface area contributed by atoms with Gasteiger partial charge >= 0.3 is 19.8 Å². The number of carbonyl (C=O) groups excluding carboxylic acids is 2. The molecule has 2 atom stereocenters. The van der Waals surface area contributed by atoms with E-state index in [4.69, 9.17) is 19.3 Å². The first-order valence-electron chi connectivity index (χ1n) is 19.0. The molecule has 0 aromatic heterocycles. The van der Waals surface area contributed by atoms with Crippen LogP contribution >= 0.6 is 7.82 Å². The molecular weight excluding hydrogens is 667 g/mol. The van der Waals surface area contributed by atoms with Crippen molar-refractivity contribution in [2.75, 3.05) is 13.2 Å². The van der Waals surface area contributed by atoms with E-state index >= 15 is 0 Å². The summed E-state index contributed by atoms with van der Waals surface area (Å²) in [4.78, 5) is 42.7. The molecule has 0 aliphatic carbocycles. The molecule has 0 saturated heterocycles. The van der Waals surface area contributed by atoms with Gasteiger partial charge < -0.3 is 24.4 Å². The Hall–Kier alpha value is -2.81. The first kappa shape index (κ1) is 48.2. The molecule has 290 valence electrons. The zero-order chi connectivity index (χ0) is 37.7. The molecule has 3 N–H and O–H groups in total. The van der Waals surface area contributed by atoms with Crippen molar-refractivity contribution >= 4 is 19.8 Å². The van der Waals surface area contributed by atoms with Crippen molar-refractivity contribution in [1.29, 1.82) is 0 Å². The summed E-state index contributed by atoms with van der Waals surface area (Å²) >= 11 is 0. The maximum atomic E-state index is 12.3. The molecule has 0 fully saturated rings. The number of esters is 2. The minimum absolute atomic E-state index is 0.108. The summed E-state index contributed by atoms with van der Waals surface area (Å²) in [5.41, 5.74) is 0. The second kappa shape index (κ2) is 35.6. The van der Waals surface area contributed by atoms with Gasteiger partial charge in [0.2, 0.25) is 0 Å². The number of carbonyl (C=O) groups is 2. The van der Waals surface area contributed by atoms with E-state index in [9.17, 15) is 19.3 Å². The molecule has 0 bridgehead atoms.